The Morgan fingerprint density at radius 2 is 1.62 bits per heavy atom. The van der Waals surface area contributed by atoms with Crippen LogP contribution in [0.15, 0.2) is 58.3 Å². The van der Waals surface area contributed by atoms with E-state index in [9.17, 15) is 18.0 Å². The summed E-state index contributed by atoms with van der Waals surface area (Å²) in [5.74, 6) is -0.513. The Bertz CT molecular complexity index is 1190. The quantitative estimate of drug-likeness (QED) is 0.213. The molecule has 1 saturated heterocycles. The Morgan fingerprint density at radius 3 is 2.26 bits per heavy atom. The van der Waals surface area contributed by atoms with Crippen molar-refractivity contribution in [2.45, 2.75) is 44.4 Å². The molecule has 0 aliphatic carbocycles. The van der Waals surface area contributed by atoms with Gasteiger partial charge in [0.1, 0.15) is 4.32 Å². The second-order valence-electron chi connectivity index (χ2n) is 8.02. The van der Waals surface area contributed by atoms with Crippen molar-refractivity contribution >= 4 is 56.2 Å². The number of thiocarbonyl (C=S) groups is 1. The number of carbonyl (C=O) groups is 2. The number of benzene rings is 2. The topological polar surface area (TPSA) is 95.6 Å². The Labute approximate surface area is 210 Å². The number of hydrogen-bond acceptors (Lipinski definition) is 6. The van der Waals surface area contributed by atoms with Crippen LogP contribution in [0.3, 0.4) is 0 Å². The molecule has 34 heavy (non-hydrogen) atoms. The van der Waals surface area contributed by atoms with Gasteiger partial charge in [-0.25, -0.2) is 8.42 Å². The summed E-state index contributed by atoms with van der Waals surface area (Å²) in [4.78, 5) is 29.1. The summed E-state index contributed by atoms with van der Waals surface area (Å²) in [6, 6.07) is 14.3. The first-order valence-corrected chi connectivity index (χ1v) is 13.6. The number of rotatable bonds is 10. The van der Waals surface area contributed by atoms with Crippen molar-refractivity contribution in [1.29, 1.82) is 0 Å². The SMILES string of the molecule is Cc1ccc(/C=C2\SC(=S)N(CCCCCC(=O)NNS(=O)(=O)c3ccc(C)cc3)C2=O)cc1. The van der Waals surface area contributed by atoms with E-state index in [1.165, 1.54) is 23.9 Å². The van der Waals surface area contributed by atoms with E-state index in [-0.39, 0.29) is 17.2 Å². The highest BCUT2D eigenvalue weighted by molar-refractivity contribution is 8.26. The third-order valence-electron chi connectivity index (χ3n) is 5.19. The second-order valence-corrected chi connectivity index (χ2v) is 11.4. The fourth-order valence-corrected chi connectivity index (χ4v) is 5.37. The van der Waals surface area contributed by atoms with Gasteiger partial charge in [-0.2, -0.15) is 0 Å². The second kappa shape index (κ2) is 11.7. The molecular formula is C24H27N3O4S3. The Hall–Kier alpha value is -2.53. The van der Waals surface area contributed by atoms with Crippen LogP contribution in [0, 0.1) is 13.8 Å². The molecule has 10 heteroatoms. The van der Waals surface area contributed by atoms with Gasteiger partial charge in [0, 0.05) is 13.0 Å². The van der Waals surface area contributed by atoms with Crippen LogP contribution in [0.25, 0.3) is 6.08 Å². The molecule has 0 aromatic heterocycles. The van der Waals surface area contributed by atoms with Crippen molar-refractivity contribution in [1.82, 2.24) is 15.2 Å². The summed E-state index contributed by atoms with van der Waals surface area (Å²) in [7, 11) is -3.81. The zero-order valence-corrected chi connectivity index (χ0v) is 21.5. The smallest absolute Gasteiger partial charge is 0.266 e. The molecule has 0 bridgehead atoms. The summed E-state index contributed by atoms with van der Waals surface area (Å²) >= 11 is 6.66. The molecule has 0 unspecified atom stereocenters. The number of nitrogens with one attached hydrogen (secondary N) is 2. The summed E-state index contributed by atoms with van der Waals surface area (Å²) < 4.78 is 24.9. The third-order valence-corrected chi connectivity index (χ3v) is 7.83. The largest absolute Gasteiger partial charge is 0.293 e. The highest BCUT2D eigenvalue weighted by Gasteiger charge is 2.31. The van der Waals surface area contributed by atoms with E-state index in [1.54, 1.807) is 17.0 Å². The van der Waals surface area contributed by atoms with Gasteiger partial charge in [0.05, 0.1) is 9.80 Å². The molecule has 1 aliphatic heterocycles. The van der Waals surface area contributed by atoms with Gasteiger partial charge in [-0.3, -0.25) is 19.9 Å². The molecule has 2 amide bonds. The highest BCUT2D eigenvalue weighted by atomic mass is 32.2. The van der Waals surface area contributed by atoms with Crippen LogP contribution in [0.2, 0.25) is 0 Å². The van der Waals surface area contributed by atoms with Gasteiger partial charge in [-0.1, -0.05) is 77.9 Å². The van der Waals surface area contributed by atoms with Crippen LogP contribution in [0.4, 0.5) is 0 Å². The lowest BCUT2D eigenvalue weighted by Gasteiger charge is -2.14. The van der Waals surface area contributed by atoms with Crippen molar-refractivity contribution in [3.63, 3.8) is 0 Å². The summed E-state index contributed by atoms with van der Waals surface area (Å²) in [6.07, 6.45) is 3.97. The first-order valence-electron chi connectivity index (χ1n) is 10.8. The maximum atomic E-state index is 12.7. The number of aryl methyl sites for hydroxylation is 2. The average molecular weight is 518 g/mol. The number of thioether (sulfide) groups is 1. The maximum Gasteiger partial charge on any atom is 0.266 e. The molecule has 0 atom stereocenters. The summed E-state index contributed by atoms with van der Waals surface area (Å²) in [5.41, 5.74) is 5.29. The van der Waals surface area contributed by atoms with Gasteiger partial charge < -0.3 is 0 Å². The van der Waals surface area contributed by atoms with Gasteiger partial charge in [0.15, 0.2) is 0 Å². The molecular weight excluding hydrogens is 490 g/mol. The first kappa shape index (κ1) is 26.1. The van der Waals surface area contributed by atoms with E-state index in [2.05, 4.69) is 10.3 Å². The first-order chi connectivity index (χ1) is 16.2. The number of nitrogens with zero attached hydrogens (tertiary/aromatic N) is 1. The molecule has 2 N–H and O–H groups in total. The van der Waals surface area contributed by atoms with Crippen LogP contribution < -0.4 is 10.3 Å². The van der Waals surface area contributed by atoms with Crippen molar-refractivity contribution in [2.75, 3.05) is 6.54 Å². The van der Waals surface area contributed by atoms with E-state index < -0.39 is 15.9 Å². The normalized spacial score (nSPS) is 15.2. The lowest BCUT2D eigenvalue weighted by Crippen LogP contribution is -2.41. The fraction of sp³-hybridized carbons (Fsp3) is 0.292. The predicted octanol–water partition coefficient (Wildman–Crippen LogP) is 4.07. The van der Waals surface area contributed by atoms with Gasteiger partial charge >= 0.3 is 0 Å². The van der Waals surface area contributed by atoms with E-state index in [4.69, 9.17) is 12.2 Å². The maximum absolute atomic E-state index is 12.7. The molecule has 3 rings (SSSR count). The molecule has 7 nitrogen and oxygen atoms in total. The number of hydrogen-bond donors (Lipinski definition) is 2. The third kappa shape index (κ3) is 7.23. The van der Waals surface area contributed by atoms with Crippen LogP contribution >= 0.6 is 24.0 Å². The Morgan fingerprint density at radius 1 is 1.00 bits per heavy atom. The van der Waals surface area contributed by atoms with E-state index in [0.717, 1.165) is 16.7 Å². The highest BCUT2D eigenvalue weighted by Crippen LogP contribution is 2.32. The molecule has 1 fully saturated rings. The Kier molecular flexibility index (Phi) is 9.01. The van der Waals surface area contributed by atoms with Gasteiger partial charge in [0.25, 0.3) is 15.9 Å². The standard InChI is InChI=1S/C24H27N3O4S3/c1-17-7-11-19(12-8-17)16-21-23(29)27(24(32)33-21)15-5-3-4-6-22(28)25-26-34(30,31)20-13-9-18(2)10-14-20/h7-14,16,26H,3-6,15H2,1-2H3,(H,25,28)/b21-16-. The van der Waals surface area contributed by atoms with Crippen LogP contribution in [-0.4, -0.2) is 36.0 Å². The number of hydrazine groups is 1. The molecule has 0 spiro atoms. The van der Waals surface area contributed by atoms with Gasteiger partial charge in [-0.15, -0.1) is 4.83 Å². The zero-order chi connectivity index (χ0) is 24.7. The number of amides is 2. The molecule has 1 heterocycles. The van der Waals surface area contributed by atoms with E-state index in [1.807, 2.05) is 44.2 Å². The minimum atomic E-state index is -3.81. The zero-order valence-electron chi connectivity index (χ0n) is 19.0. The molecule has 0 saturated carbocycles. The summed E-state index contributed by atoms with van der Waals surface area (Å²) in [6.45, 7) is 4.35. The lowest BCUT2D eigenvalue weighted by molar-refractivity contribution is -0.123. The summed E-state index contributed by atoms with van der Waals surface area (Å²) in [5, 5.41) is 0. The van der Waals surface area contributed by atoms with Crippen LogP contribution in [0.1, 0.15) is 42.4 Å². The van der Waals surface area contributed by atoms with Crippen LogP contribution in [-0.2, 0) is 19.6 Å². The molecule has 0 radical (unpaired) electrons. The van der Waals surface area contributed by atoms with Gasteiger partial charge in [0.2, 0.25) is 5.91 Å². The minimum Gasteiger partial charge on any atom is -0.293 e. The number of unbranched alkanes of at least 4 members (excludes halogenated alkanes) is 2. The van der Waals surface area contributed by atoms with E-state index in [0.29, 0.717) is 35.0 Å². The molecule has 2 aromatic carbocycles. The number of carbonyl (C=O) groups excluding carboxylic acids is 2. The van der Waals surface area contributed by atoms with Crippen molar-refractivity contribution in [3.05, 3.63) is 70.1 Å². The van der Waals surface area contributed by atoms with Crippen molar-refractivity contribution < 1.29 is 18.0 Å². The predicted molar refractivity (Wildman–Crippen MR) is 139 cm³/mol. The lowest BCUT2D eigenvalue weighted by atomic mass is 10.1. The van der Waals surface area contributed by atoms with Crippen molar-refractivity contribution in [3.8, 4) is 0 Å². The average Bonchev–Trinajstić information content (AvgIpc) is 3.06. The van der Waals surface area contributed by atoms with Crippen LogP contribution in [0.5, 0.6) is 0 Å². The molecule has 2 aromatic rings. The molecule has 1 aliphatic rings. The fourth-order valence-electron chi connectivity index (χ4n) is 3.20. The molecule has 180 valence electrons. The van der Waals surface area contributed by atoms with Gasteiger partial charge in [-0.05, 0) is 50.5 Å². The monoisotopic (exact) mass is 517 g/mol. The van der Waals surface area contributed by atoms with E-state index >= 15 is 0 Å². The minimum absolute atomic E-state index is 0.0818. The number of sulfonamides is 1. The van der Waals surface area contributed by atoms with Crippen molar-refractivity contribution in [2.24, 2.45) is 0 Å². The Balaban J connectivity index is 1.38.